The Balaban J connectivity index is 1.49. The number of carbonyl (C=O) groups is 1. The van der Waals surface area contributed by atoms with E-state index in [-0.39, 0.29) is 22.6 Å². The van der Waals surface area contributed by atoms with E-state index in [1.165, 1.54) is 31.5 Å². The highest BCUT2D eigenvalue weighted by atomic mass is 32.1. The molecular formula is C27H28F3N7O2S. The number of hydrogen-bond acceptors (Lipinski definition) is 8. The van der Waals surface area contributed by atoms with Crippen LogP contribution in [0.5, 0.6) is 0 Å². The topological polar surface area (TPSA) is 119 Å². The third kappa shape index (κ3) is 6.14. The minimum Gasteiger partial charge on any atom is -0.419 e. The lowest BCUT2D eigenvalue weighted by Crippen LogP contribution is -2.28. The number of aromatic nitrogens is 5. The number of anilines is 1. The second-order valence-corrected chi connectivity index (χ2v) is 10.6. The first-order valence-electron chi connectivity index (χ1n) is 13.1. The van der Waals surface area contributed by atoms with Crippen molar-refractivity contribution in [1.29, 1.82) is 0 Å². The Morgan fingerprint density at radius 1 is 1.15 bits per heavy atom. The maximum Gasteiger partial charge on any atom is 0.434 e. The number of halogens is 3. The molecule has 0 aromatic carbocycles. The average Bonchev–Trinajstić information content (AvgIpc) is 3.64. The Morgan fingerprint density at radius 3 is 2.67 bits per heavy atom. The lowest BCUT2D eigenvalue weighted by Gasteiger charge is -2.25. The van der Waals surface area contributed by atoms with Crippen molar-refractivity contribution in [3.8, 4) is 33.3 Å². The molecular weight excluding hydrogens is 543 g/mol. The van der Waals surface area contributed by atoms with Gasteiger partial charge in [0.25, 0.3) is 5.89 Å². The maximum absolute atomic E-state index is 13.3. The number of rotatable bonds is 7. The van der Waals surface area contributed by atoms with Gasteiger partial charge in [0.15, 0.2) is 5.69 Å². The maximum atomic E-state index is 13.3. The molecule has 4 aromatic heterocycles. The van der Waals surface area contributed by atoms with Gasteiger partial charge >= 0.3 is 12.2 Å². The van der Waals surface area contributed by atoms with Crippen LogP contribution in [0.4, 0.5) is 23.8 Å². The number of amides is 2. The molecule has 0 aliphatic heterocycles. The molecule has 40 heavy (non-hydrogen) atoms. The van der Waals surface area contributed by atoms with Crippen molar-refractivity contribution in [3.05, 3.63) is 47.6 Å². The molecule has 2 amide bonds. The van der Waals surface area contributed by atoms with Gasteiger partial charge < -0.3 is 9.73 Å². The Morgan fingerprint density at radius 2 is 1.95 bits per heavy atom. The van der Waals surface area contributed by atoms with Crippen molar-refractivity contribution < 1.29 is 22.4 Å². The molecule has 1 aliphatic rings. The number of nitrogens with one attached hydrogen (secondary N) is 2. The van der Waals surface area contributed by atoms with E-state index in [2.05, 4.69) is 42.7 Å². The molecule has 1 atom stereocenters. The zero-order valence-corrected chi connectivity index (χ0v) is 22.8. The number of thiazole rings is 1. The molecule has 0 spiro atoms. The first-order valence-corrected chi connectivity index (χ1v) is 14.0. The molecule has 4 aromatic rings. The third-order valence-corrected chi connectivity index (χ3v) is 7.86. The highest BCUT2D eigenvalue weighted by Crippen LogP contribution is 2.39. The molecule has 4 heterocycles. The quantitative estimate of drug-likeness (QED) is 0.242. The minimum atomic E-state index is -4.59. The molecule has 210 valence electrons. The summed E-state index contributed by atoms with van der Waals surface area (Å²) in [5.41, 5.74) is 0.924. The first-order chi connectivity index (χ1) is 19.2. The summed E-state index contributed by atoms with van der Waals surface area (Å²) in [5.74, 6) is 1.64. The average molecular weight is 572 g/mol. The molecule has 1 saturated carbocycles. The Bertz CT molecular complexity index is 1480. The van der Waals surface area contributed by atoms with Crippen LogP contribution in [0.3, 0.4) is 0 Å². The lowest BCUT2D eigenvalue weighted by atomic mass is 9.81. The molecule has 1 fully saturated rings. The van der Waals surface area contributed by atoms with Crippen molar-refractivity contribution in [3.63, 3.8) is 0 Å². The van der Waals surface area contributed by atoms with Gasteiger partial charge in [-0.05, 0) is 49.4 Å². The van der Waals surface area contributed by atoms with Crippen LogP contribution in [-0.2, 0) is 6.18 Å². The van der Waals surface area contributed by atoms with Gasteiger partial charge in [-0.25, -0.2) is 14.8 Å². The summed E-state index contributed by atoms with van der Waals surface area (Å²) in [5, 5.41) is 14.8. The molecule has 5 rings (SSSR count). The Labute approximate surface area is 232 Å². The van der Waals surface area contributed by atoms with Gasteiger partial charge in [-0.3, -0.25) is 10.3 Å². The molecule has 13 heteroatoms. The number of carbonyl (C=O) groups excluding carboxylic acids is 1. The summed E-state index contributed by atoms with van der Waals surface area (Å²) in [6.07, 6.45) is 4.40. The predicted octanol–water partition coefficient (Wildman–Crippen LogP) is 7.16. The van der Waals surface area contributed by atoms with Gasteiger partial charge in [0.2, 0.25) is 5.89 Å². The molecule has 0 unspecified atom stereocenters. The van der Waals surface area contributed by atoms with Gasteiger partial charge in [0.1, 0.15) is 16.5 Å². The molecule has 0 radical (unpaired) electrons. The molecule has 1 aliphatic carbocycles. The van der Waals surface area contributed by atoms with E-state index in [1.807, 2.05) is 0 Å². The molecule has 9 nitrogen and oxygen atoms in total. The highest BCUT2D eigenvalue weighted by molar-refractivity contribution is 7.13. The van der Waals surface area contributed by atoms with Crippen LogP contribution >= 0.6 is 11.3 Å². The lowest BCUT2D eigenvalue weighted by molar-refractivity contribution is -0.140. The van der Waals surface area contributed by atoms with E-state index in [1.54, 1.807) is 25.3 Å². The van der Waals surface area contributed by atoms with E-state index in [9.17, 15) is 18.0 Å². The van der Waals surface area contributed by atoms with E-state index >= 15 is 0 Å². The fourth-order valence-corrected chi connectivity index (χ4v) is 5.71. The van der Waals surface area contributed by atoms with E-state index < -0.39 is 17.9 Å². The van der Waals surface area contributed by atoms with E-state index in [0.29, 0.717) is 40.7 Å². The van der Waals surface area contributed by atoms with Crippen LogP contribution in [-0.4, -0.2) is 37.7 Å². The molecule has 0 saturated heterocycles. The van der Waals surface area contributed by atoms with Crippen LogP contribution in [0.1, 0.15) is 63.5 Å². The van der Waals surface area contributed by atoms with E-state index in [4.69, 9.17) is 4.42 Å². The first kappa shape index (κ1) is 27.7. The van der Waals surface area contributed by atoms with Crippen LogP contribution in [0.25, 0.3) is 33.3 Å². The number of nitrogens with zero attached hydrogens (tertiary/aromatic N) is 5. The van der Waals surface area contributed by atoms with Crippen LogP contribution in [0, 0.1) is 5.92 Å². The number of alkyl halides is 3. The van der Waals surface area contributed by atoms with Gasteiger partial charge in [0, 0.05) is 41.4 Å². The smallest absolute Gasteiger partial charge is 0.419 e. The summed E-state index contributed by atoms with van der Waals surface area (Å²) in [7, 11) is 0. The highest BCUT2D eigenvalue weighted by Gasteiger charge is 2.34. The van der Waals surface area contributed by atoms with Gasteiger partial charge in [0.05, 0.1) is 0 Å². The Hall–Kier alpha value is -3.87. The van der Waals surface area contributed by atoms with Crippen molar-refractivity contribution >= 4 is 23.2 Å². The minimum absolute atomic E-state index is 0.128. The summed E-state index contributed by atoms with van der Waals surface area (Å²) < 4.78 is 46.0. The van der Waals surface area contributed by atoms with Gasteiger partial charge in [-0.2, -0.15) is 13.2 Å². The van der Waals surface area contributed by atoms with Crippen molar-refractivity contribution in [2.24, 2.45) is 5.92 Å². The molecule has 2 N–H and O–H groups in total. The zero-order valence-electron chi connectivity index (χ0n) is 22.0. The number of hydrogen-bond donors (Lipinski definition) is 2. The van der Waals surface area contributed by atoms with Crippen molar-refractivity contribution in [1.82, 2.24) is 30.5 Å². The zero-order chi connectivity index (χ0) is 28.3. The predicted molar refractivity (Wildman–Crippen MR) is 145 cm³/mol. The van der Waals surface area contributed by atoms with Gasteiger partial charge in [-0.15, -0.1) is 21.5 Å². The third-order valence-electron chi connectivity index (χ3n) is 6.99. The van der Waals surface area contributed by atoms with E-state index in [0.717, 1.165) is 29.6 Å². The number of urea groups is 1. The van der Waals surface area contributed by atoms with Crippen molar-refractivity contribution in [2.75, 3.05) is 11.9 Å². The van der Waals surface area contributed by atoms with Crippen LogP contribution in [0.2, 0.25) is 0 Å². The summed E-state index contributed by atoms with van der Waals surface area (Å²) in [6, 6.07) is 4.45. The van der Waals surface area contributed by atoms with Crippen LogP contribution in [0.15, 0.2) is 40.4 Å². The summed E-state index contributed by atoms with van der Waals surface area (Å²) >= 11 is 0.853. The molecule has 0 bridgehead atoms. The van der Waals surface area contributed by atoms with Gasteiger partial charge in [-0.1, -0.05) is 26.2 Å². The second kappa shape index (κ2) is 11.7. The largest absolute Gasteiger partial charge is 0.434 e. The fraction of sp³-hybridized carbons (Fsp3) is 0.407. The summed E-state index contributed by atoms with van der Waals surface area (Å²) in [6.45, 7) is 4.27. The SMILES string of the molecule is CCNC(=O)Nc1cc(-c2nc(C(F)(F)F)cs2)c(-c2ccnc(-c3nnc([C@@H](C)C4CCCCC4)o3)c2)cn1. The normalized spacial score (nSPS) is 15.1. The van der Waals surface area contributed by atoms with Crippen molar-refractivity contribution in [2.45, 2.75) is 58.0 Å². The Kier molecular flexibility index (Phi) is 8.10. The fourth-order valence-electron chi connectivity index (χ4n) is 4.85. The standard InChI is InChI=1S/C27H28F3N7O2S/c1-3-31-26(38)35-22-12-18(25-34-21(14-40-25)27(28,29)30)19(13-33-22)17-9-10-32-20(11-17)24-37-36-23(39-24)15(2)16-7-5-4-6-8-16/h9-16H,3-8H2,1-2H3,(H2,31,33,35,38)/t15-/m0/s1. The number of pyridine rings is 2. The monoisotopic (exact) mass is 571 g/mol. The summed E-state index contributed by atoms with van der Waals surface area (Å²) in [4.78, 5) is 24.6. The second-order valence-electron chi connectivity index (χ2n) is 9.70. The van der Waals surface area contributed by atoms with Crippen LogP contribution < -0.4 is 10.6 Å².